The summed E-state index contributed by atoms with van der Waals surface area (Å²) in [5.74, 6) is 0.789. The fourth-order valence-electron chi connectivity index (χ4n) is 4.08. The molecule has 0 bridgehead atoms. The van der Waals surface area contributed by atoms with Crippen molar-refractivity contribution in [3.63, 3.8) is 0 Å². The SMILES string of the molecule is CNC(=O)C1CC(O)CN1C(=O)[C@@H](n1cc(CN2CC[S+]([O-])CC2)nn1)C(C)(C)C. The van der Waals surface area contributed by atoms with Crippen molar-refractivity contribution < 1.29 is 19.2 Å². The molecule has 1 aromatic heterocycles. The van der Waals surface area contributed by atoms with Crippen LogP contribution in [0.4, 0.5) is 0 Å². The first-order valence-electron chi connectivity index (χ1n) is 10.3. The Morgan fingerprint density at radius 3 is 2.63 bits per heavy atom. The molecular weight excluding hydrogens is 408 g/mol. The number of nitrogens with zero attached hydrogens (tertiary/aromatic N) is 5. The second-order valence-corrected chi connectivity index (χ2v) is 10.8. The van der Waals surface area contributed by atoms with E-state index in [1.165, 1.54) is 11.9 Å². The Balaban J connectivity index is 1.79. The number of rotatable bonds is 5. The average molecular weight is 441 g/mol. The van der Waals surface area contributed by atoms with Crippen LogP contribution in [0.25, 0.3) is 0 Å². The summed E-state index contributed by atoms with van der Waals surface area (Å²) in [6, 6.07) is -1.36. The molecule has 11 heteroatoms. The van der Waals surface area contributed by atoms with E-state index in [4.69, 9.17) is 0 Å². The highest BCUT2D eigenvalue weighted by molar-refractivity contribution is 7.91. The molecule has 2 unspecified atom stereocenters. The minimum atomic E-state index is -0.738. The van der Waals surface area contributed by atoms with E-state index in [2.05, 4.69) is 20.5 Å². The van der Waals surface area contributed by atoms with Gasteiger partial charge in [-0.05, 0) is 5.41 Å². The number of amides is 2. The van der Waals surface area contributed by atoms with Gasteiger partial charge in [-0.15, -0.1) is 5.10 Å². The Bertz CT molecular complexity index is 758. The Morgan fingerprint density at radius 2 is 2.03 bits per heavy atom. The third-order valence-corrected chi connectivity index (χ3v) is 6.92. The molecule has 0 radical (unpaired) electrons. The van der Waals surface area contributed by atoms with Crippen LogP contribution < -0.4 is 5.32 Å². The van der Waals surface area contributed by atoms with Gasteiger partial charge in [0.05, 0.1) is 18.0 Å². The van der Waals surface area contributed by atoms with Gasteiger partial charge >= 0.3 is 0 Å². The van der Waals surface area contributed by atoms with Crippen molar-refractivity contribution in [1.29, 1.82) is 0 Å². The third kappa shape index (κ3) is 5.13. The lowest BCUT2D eigenvalue weighted by molar-refractivity contribution is -0.144. The molecule has 2 saturated heterocycles. The highest BCUT2D eigenvalue weighted by Gasteiger charge is 2.45. The number of aromatic nitrogens is 3. The Kier molecular flexibility index (Phi) is 7.05. The first-order valence-corrected chi connectivity index (χ1v) is 11.8. The number of likely N-dealkylation sites (N-methyl/N-ethyl adjacent to an activating group) is 1. The Morgan fingerprint density at radius 1 is 1.37 bits per heavy atom. The number of carbonyl (C=O) groups excluding carboxylic acids is 2. The summed E-state index contributed by atoms with van der Waals surface area (Å²) in [5, 5.41) is 21.2. The van der Waals surface area contributed by atoms with Gasteiger partial charge in [0.25, 0.3) is 0 Å². The van der Waals surface area contributed by atoms with E-state index in [-0.39, 0.29) is 24.8 Å². The molecule has 2 fully saturated rings. The van der Waals surface area contributed by atoms with E-state index in [1.54, 1.807) is 10.9 Å². The number of hydrogen-bond donors (Lipinski definition) is 2. The van der Waals surface area contributed by atoms with Gasteiger partial charge in [0.2, 0.25) is 11.8 Å². The first kappa shape index (κ1) is 23.0. The second-order valence-electron chi connectivity index (χ2n) is 9.09. The van der Waals surface area contributed by atoms with Crippen molar-refractivity contribution in [1.82, 2.24) is 30.1 Å². The molecule has 10 nitrogen and oxygen atoms in total. The van der Waals surface area contributed by atoms with Crippen LogP contribution >= 0.6 is 0 Å². The molecule has 3 atom stereocenters. The fourth-order valence-corrected chi connectivity index (χ4v) is 5.21. The topological polar surface area (TPSA) is 127 Å². The largest absolute Gasteiger partial charge is 0.616 e. The molecule has 0 aliphatic carbocycles. The molecule has 0 saturated carbocycles. The summed E-state index contributed by atoms with van der Waals surface area (Å²) in [5.41, 5.74) is 0.263. The van der Waals surface area contributed by atoms with Crippen molar-refractivity contribution in [3.05, 3.63) is 11.9 Å². The maximum absolute atomic E-state index is 13.5. The summed E-state index contributed by atoms with van der Waals surface area (Å²) in [6.07, 6.45) is 1.27. The van der Waals surface area contributed by atoms with Crippen LogP contribution in [0.3, 0.4) is 0 Å². The zero-order chi connectivity index (χ0) is 22.1. The van der Waals surface area contributed by atoms with Gasteiger partial charge < -0.3 is 19.9 Å². The number of hydrogen-bond acceptors (Lipinski definition) is 7. The zero-order valence-electron chi connectivity index (χ0n) is 18.1. The van der Waals surface area contributed by atoms with Crippen LogP contribution in [0.15, 0.2) is 6.20 Å². The van der Waals surface area contributed by atoms with Crippen LogP contribution in [-0.2, 0) is 27.3 Å². The van der Waals surface area contributed by atoms with Crippen molar-refractivity contribution in [3.8, 4) is 0 Å². The number of likely N-dealkylation sites (tertiary alicyclic amines) is 1. The maximum atomic E-state index is 13.5. The smallest absolute Gasteiger partial charge is 0.248 e. The van der Waals surface area contributed by atoms with E-state index in [9.17, 15) is 19.2 Å². The maximum Gasteiger partial charge on any atom is 0.248 e. The third-order valence-electron chi connectivity index (χ3n) is 5.64. The zero-order valence-corrected chi connectivity index (χ0v) is 18.9. The average Bonchev–Trinajstić information content (AvgIpc) is 3.28. The van der Waals surface area contributed by atoms with E-state index < -0.39 is 34.8 Å². The molecule has 0 spiro atoms. The predicted molar refractivity (Wildman–Crippen MR) is 112 cm³/mol. The van der Waals surface area contributed by atoms with Crippen LogP contribution in [0, 0.1) is 5.41 Å². The van der Waals surface area contributed by atoms with E-state index in [0.29, 0.717) is 18.1 Å². The minimum Gasteiger partial charge on any atom is -0.616 e. The van der Waals surface area contributed by atoms with Gasteiger partial charge in [0, 0.05) is 39.6 Å². The molecule has 2 aliphatic heterocycles. The van der Waals surface area contributed by atoms with E-state index in [1.807, 2.05) is 20.8 Å². The number of aliphatic hydroxyl groups excluding tert-OH is 1. The van der Waals surface area contributed by atoms with Crippen LogP contribution in [-0.4, -0.2) is 96.6 Å². The molecule has 0 aromatic carbocycles. The molecule has 2 aliphatic rings. The highest BCUT2D eigenvalue weighted by Crippen LogP contribution is 2.34. The first-order chi connectivity index (χ1) is 14.1. The van der Waals surface area contributed by atoms with E-state index in [0.717, 1.165) is 18.8 Å². The monoisotopic (exact) mass is 440 g/mol. The van der Waals surface area contributed by atoms with Gasteiger partial charge in [-0.3, -0.25) is 14.5 Å². The lowest BCUT2D eigenvalue weighted by Gasteiger charge is -2.34. The number of aliphatic hydroxyl groups is 1. The molecule has 168 valence electrons. The van der Waals surface area contributed by atoms with Gasteiger partial charge in [0.15, 0.2) is 0 Å². The van der Waals surface area contributed by atoms with Crippen molar-refractivity contribution in [2.75, 3.05) is 38.2 Å². The van der Waals surface area contributed by atoms with Gasteiger partial charge in [-0.25, -0.2) is 4.68 Å². The summed E-state index contributed by atoms with van der Waals surface area (Å²) in [6.45, 7) is 8.04. The molecule has 1 aromatic rings. The summed E-state index contributed by atoms with van der Waals surface area (Å²) >= 11 is -0.738. The quantitative estimate of drug-likeness (QED) is 0.570. The molecular formula is C19H32N6O4S. The van der Waals surface area contributed by atoms with Crippen molar-refractivity contribution in [2.24, 2.45) is 5.41 Å². The van der Waals surface area contributed by atoms with E-state index >= 15 is 0 Å². The molecule has 30 heavy (non-hydrogen) atoms. The van der Waals surface area contributed by atoms with Crippen LogP contribution in [0.1, 0.15) is 38.9 Å². The minimum absolute atomic E-state index is 0.121. The summed E-state index contributed by atoms with van der Waals surface area (Å²) in [7, 11) is 1.52. The van der Waals surface area contributed by atoms with Crippen LogP contribution in [0.5, 0.6) is 0 Å². The number of carbonyl (C=O) groups is 2. The van der Waals surface area contributed by atoms with Crippen molar-refractivity contribution >= 4 is 23.0 Å². The number of nitrogens with one attached hydrogen (secondary N) is 1. The molecule has 2 amide bonds. The molecule has 3 rings (SSSR count). The lowest BCUT2D eigenvalue weighted by atomic mass is 9.85. The van der Waals surface area contributed by atoms with Gasteiger partial charge in [0.1, 0.15) is 23.6 Å². The van der Waals surface area contributed by atoms with Gasteiger partial charge in [-0.2, -0.15) is 0 Å². The van der Waals surface area contributed by atoms with Crippen LogP contribution in [0.2, 0.25) is 0 Å². The Labute approximate surface area is 180 Å². The summed E-state index contributed by atoms with van der Waals surface area (Å²) in [4.78, 5) is 29.4. The van der Waals surface area contributed by atoms with Gasteiger partial charge in [-0.1, -0.05) is 37.2 Å². The van der Waals surface area contributed by atoms with Crippen molar-refractivity contribution in [2.45, 2.75) is 51.9 Å². The lowest BCUT2D eigenvalue weighted by Crippen LogP contribution is -2.49. The standard InChI is InChI=1S/C19H32N6O4S/c1-19(2,3)16(18(28)24-12-14(26)9-15(24)17(27)20-4)25-11-13(21-22-25)10-23-5-7-30(29)8-6-23/h11,14-16,26H,5-10,12H2,1-4H3,(H,20,27)/t14?,15?,16-/m1/s1. The highest BCUT2D eigenvalue weighted by atomic mass is 32.2. The second kappa shape index (κ2) is 9.21. The normalized spacial score (nSPS) is 24.8. The fraction of sp³-hybridized carbons (Fsp3) is 0.789. The molecule has 2 N–H and O–H groups in total. The summed E-state index contributed by atoms with van der Waals surface area (Å²) < 4.78 is 13.1. The Hall–Kier alpha value is -1.69. The predicted octanol–water partition coefficient (Wildman–Crippen LogP) is -0.863. The number of β-amino-alcohol motifs (C(OH)–C–C–N with tert-alkyl or cyclic N) is 1. The molecule has 3 heterocycles.